The van der Waals surface area contributed by atoms with Gasteiger partial charge in [0.15, 0.2) is 0 Å². The van der Waals surface area contributed by atoms with E-state index < -0.39 is 5.97 Å². The van der Waals surface area contributed by atoms with Gasteiger partial charge in [0.1, 0.15) is 0 Å². The Morgan fingerprint density at radius 1 is 1.08 bits per heavy atom. The van der Waals surface area contributed by atoms with Crippen molar-refractivity contribution in [2.24, 2.45) is 23.7 Å². The van der Waals surface area contributed by atoms with Crippen LogP contribution in [0.25, 0.3) is 0 Å². The lowest BCUT2D eigenvalue weighted by atomic mass is 9.86. The second-order valence-electron chi connectivity index (χ2n) is 7.88. The van der Waals surface area contributed by atoms with Gasteiger partial charge in [-0.05, 0) is 49.9 Å². The van der Waals surface area contributed by atoms with Crippen molar-refractivity contribution in [3.05, 3.63) is 0 Å². The fourth-order valence-corrected chi connectivity index (χ4v) is 4.77. The molecule has 6 nitrogen and oxygen atoms in total. The number of aliphatic carboxylic acids is 1. The van der Waals surface area contributed by atoms with Crippen LogP contribution in [-0.2, 0) is 14.4 Å². The molecule has 3 rings (SSSR count). The van der Waals surface area contributed by atoms with Crippen LogP contribution in [0.2, 0.25) is 0 Å². The molecular formula is C18H28N2O4. The predicted octanol–water partition coefficient (Wildman–Crippen LogP) is 1.59. The number of carbonyl (C=O) groups is 3. The highest BCUT2D eigenvalue weighted by molar-refractivity contribution is 5.85. The number of fused-ring (bicyclic) bond motifs is 2. The van der Waals surface area contributed by atoms with Crippen LogP contribution in [0.4, 0.5) is 0 Å². The molecule has 3 atom stereocenters. The second kappa shape index (κ2) is 7.11. The normalized spacial score (nSPS) is 29.7. The Morgan fingerprint density at radius 2 is 1.79 bits per heavy atom. The Morgan fingerprint density at radius 3 is 2.33 bits per heavy atom. The second-order valence-corrected chi connectivity index (χ2v) is 7.88. The molecule has 1 saturated heterocycles. The molecule has 2 amide bonds. The van der Waals surface area contributed by atoms with Crippen molar-refractivity contribution < 1.29 is 19.5 Å². The number of piperidine rings is 1. The number of hydrogen-bond donors (Lipinski definition) is 1. The molecule has 3 unspecified atom stereocenters. The lowest BCUT2D eigenvalue weighted by Crippen LogP contribution is -2.45. The number of nitrogens with zero attached hydrogens (tertiary/aromatic N) is 2. The number of rotatable bonds is 5. The Kier molecular flexibility index (Phi) is 5.11. The van der Waals surface area contributed by atoms with Gasteiger partial charge in [-0.3, -0.25) is 14.4 Å². The zero-order valence-electron chi connectivity index (χ0n) is 14.4. The summed E-state index contributed by atoms with van der Waals surface area (Å²) in [7, 11) is 1.71. The number of amides is 2. The molecule has 134 valence electrons. The minimum Gasteiger partial charge on any atom is -0.481 e. The van der Waals surface area contributed by atoms with Crippen LogP contribution < -0.4 is 0 Å². The van der Waals surface area contributed by atoms with E-state index in [1.165, 1.54) is 25.7 Å². The van der Waals surface area contributed by atoms with Crippen LogP contribution in [0.1, 0.15) is 44.9 Å². The first-order chi connectivity index (χ1) is 11.4. The zero-order chi connectivity index (χ0) is 17.3. The fraction of sp³-hybridized carbons (Fsp3) is 0.833. The molecule has 1 N–H and O–H groups in total. The minimum absolute atomic E-state index is 0.0670. The van der Waals surface area contributed by atoms with Gasteiger partial charge in [-0.1, -0.05) is 6.42 Å². The van der Waals surface area contributed by atoms with Gasteiger partial charge in [-0.25, -0.2) is 0 Å². The van der Waals surface area contributed by atoms with Crippen molar-refractivity contribution in [1.29, 1.82) is 0 Å². The third-order valence-corrected chi connectivity index (χ3v) is 6.32. The molecule has 3 fully saturated rings. The smallest absolute Gasteiger partial charge is 0.306 e. The maximum Gasteiger partial charge on any atom is 0.306 e. The zero-order valence-corrected chi connectivity index (χ0v) is 14.4. The van der Waals surface area contributed by atoms with E-state index in [0.29, 0.717) is 38.3 Å². The Balaban J connectivity index is 1.42. The molecule has 3 aliphatic rings. The average molecular weight is 336 g/mol. The van der Waals surface area contributed by atoms with Gasteiger partial charge in [0, 0.05) is 26.6 Å². The molecule has 24 heavy (non-hydrogen) atoms. The van der Waals surface area contributed by atoms with Crippen LogP contribution >= 0.6 is 0 Å². The number of carboxylic acids is 1. The Labute approximate surface area is 143 Å². The molecule has 0 radical (unpaired) electrons. The minimum atomic E-state index is -0.778. The van der Waals surface area contributed by atoms with Crippen LogP contribution in [0.3, 0.4) is 0 Å². The van der Waals surface area contributed by atoms with E-state index in [9.17, 15) is 14.4 Å². The van der Waals surface area contributed by atoms with E-state index >= 15 is 0 Å². The number of hydrogen-bond acceptors (Lipinski definition) is 3. The number of carboxylic acid groups (broad SMARTS) is 1. The van der Waals surface area contributed by atoms with Crippen molar-refractivity contribution >= 4 is 17.8 Å². The van der Waals surface area contributed by atoms with E-state index in [0.717, 1.165) is 11.8 Å². The first-order valence-electron chi connectivity index (χ1n) is 9.18. The highest BCUT2D eigenvalue weighted by Gasteiger charge is 2.40. The quantitative estimate of drug-likeness (QED) is 0.827. The van der Waals surface area contributed by atoms with Crippen molar-refractivity contribution in [1.82, 2.24) is 9.80 Å². The standard InChI is InChI=1S/C18H28N2O4/c1-19(16(21)10-15-9-12-2-3-14(15)8-12)11-17(22)20-6-4-13(5-7-20)18(23)24/h12-15H,2-11H2,1H3,(H,23,24). The van der Waals surface area contributed by atoms with Gasteiger partial charge in [0.25, 0.3) is 0 Å². The highest BCUT2D eigenvalue weighted by atomic mass is 16.4. The largest absolute Gasteiger partial charge is 0.481 e. The summed E-state index contributed by atoms with van der Waals surface area (Å²) in [6.45, 7) is 1.06. The maximum atomic E-state index is 12.4. The first kappa shape index (κ1) is 17.2. The molecule has 2 aliphatic carbocycles. The van der Waals surface area contributed by atoms with E-state index in [1.807, 2.05) is 0 Å². The summed E-state index contributed by atoms with van der Waals surface area (Å²) < 4.78 is 0. The van der Waals surface area contributed by atoms with Gasteiger partial charge in [-0.15, -0.1) is 0 Å². The summed E-state index contributed by atoms with van der Waals surface area (Å²) in [5, 5.41) is 9.01. The van der Waals surface area contributed by atoms with Crippen molar-refractivity contribution in [2.75, 3.05) is 26.7 Å². The predicted molar refractivity (Wildman–Crippen MR) is 88.1 cm³/mol. The number of likely N-dealkylation sites (N-methyl/N-ethyl adjacent to an activating group) is 1. The summed E-state index contributed by atoms with van der Waals surface area (Å²) in [6, 6.07) is 0. The molecule has 1 aliphatic heterocycles. The van der Waals surface area contributed by atoms with Crippen LogP contribution in [0.15, 0.2) is 0 Å². The summed E-state index contributed by atoms with van der Waals surface area (Å²) in [5.41, 5.74) is 0. The molecule has 0 aromatic heterocycles. The number of likely N-dealkylation sites (tertiary alicyclic amines) is 1. The van der Waals surface area contributed by atoms with E-state index in [1.54, 1.807) is 16.8 Å². The van der Waals surface area contributed by atoms with E-state index in [2.05, 4.69) is 0 Å². The van der Waals surface area contributed by atoms with Crippen molar-refractivity contribution in [3.8, 4) is 0 Å². The van der Waals surface area contributed by atoms with Crippen LogP contribution in [0, 0.1) is 23.7 Å². The summed E-state index contributed by atoms with van der Waals surface area (Å²) >= 11 is 0. The molecule has 0 aromatic rings. The van der Waals surface area contributed by atoms with Gasteiger partial charge in [0.05, 0.1) is 12.5 Å². The Hall–Kier alpha value is -1.59. The monoisotopic (exact) mass is 336 g/mol. The Bertz CT molecular complexity index is 513. The SMILES string of the molecule is CN(CC(=O)N1CCC(C(=O)O)CC1)C(=O)CC1CC2CCC1C2. The third kappa shape index (κ3) is 3.73. The molecular weight excluding hydrogens is 308 g/mol. The van der Waals surface area contributed by atoms with E-state index in [4.69, 9.17) is 5.11 Å². The molecule has 6 heteroatoms. The van der Waals surface area contributed by atoms with Crippen molar-refractivity contribution in [3.63, 3.8) is 0 Å². The van der Waals surface area contributed by atoms with Gasteiger partial charge in [0.2, 0.25) is 11.8 Å². The molecule has 0 spiro atoms. The molecule has 2 saturated carbocycles. The summed E-state index contributed by atoms with van der Waals surface area (Å²) in [5.74, 6) is 0.948. The molecule has 2 bridgehead atoms. The lowest BCUT2D eigenvalue weighted by molar-refractivity contribution is -0.146. The van der Waals surface area contributed by atoms with Gasteiger partial charge < -0.3 is 14.9 Å². The lowest BCUT2D eigenvalue weighted by Gasteiger charge is -2.32. The van der Waals surface area contributed by atoms with Crippen LogP contribution in [0.5, 0.6) is 0 Å². The number of carbonyl (C=O) groups excluding carboxylic acids is 2. The van der Waals surface area contributed by atoms with Crippen LogP contribution in [-0.4, -0.2) is 59.4 Å². The van der Waals surface area contributed by atoms with E-state index in [-0.39, 0.29) is 24.3 Å². The topological polar surface area (TPSA) is 77.9 Å². The molecule has 0 aromatic carbocycles. The van der Waals surface area contributed by atoms with Gasteiger partial charge in [-0.2, -0.15) is 0 Å². The summed E-state index contributed by atoms with van der Waals surface area (Å²) in [6.07, 6.45) is 6.65. The fourth-order valence-electron chi connectivity index (χ4n) is 4.77. The average Bonchev–Trinajstić information content (AvgIpc) is 3.17. The summed E-state index contributed by atoms with van der Waals surface area (Å²) in [4.78, 5) is 39.0. The third-order valence-electron chi connectivity index (χ3n) is 6.32. The van der Waals surface area contributed by atoms with Crippen molar-refractivity contribution in [2.45, 2.75) is 44.9 Å². The van der Waals surface area contributed by atoms with Gasteiger partial charge >= 0.3 is 5.97 Å². The molecule has 1 heterocycles. The highest BCUT2D eigenvalue weighted by Crippen LogP contribution is 2.49. The first-order valence-corrected chi connectivity index (χ1v) is 9.18. The maximum absolute atomic E-state index is 12.4.